The van der Waals surface area contributed by atoms with Gasteiger partial charge in [-0.3, -0.25) is 4.72 Å². The molecule has 0 unspecified atom stereocenters. The highest BCUT2D eigenvalue weighted by Gasteiger charge is 2.28. The lowest BCUT2D eigenvalue weighted by molar-refractivity contribution is 0.191. The zero-order chi connectivity index (χ0) is 16.5. The van der Waals surface area contributed by atoms with Gasteiger partial charge in [0.2, 0.25) is 0 Å². The number of urea groups is 1. The molecule has 24 heavy (non-hydrogen) atoms. The van der Waals surface area contributed by atoms with E-state index in [1.807, 2.05) is 0 Å². The molecule has 4 rings (SSSR count). The molecule has 2 N–H and O–H groups in total. The van der Waals surface area contributed by atoms with Crippen LogP contribution in [0.5, 0.6) is 0 Å². The monoisotopic (exact) mass is 345 g/mol. The van der Waals surface area contributed by atoms with Gasteiger partial charge in [-0.05, 0) is 85.7 Å². The van der Waals surface area contributed by atoms with Crippen LogP contribution in [0, 0.1) is 0 Å². The van der Waals surface area contributed by atoms with E-state index in [1.165, 1.54) is 60.9 Å². The van der Waals surface area contributed by atoms with Gasteiger partial charge in [-0.2, -0.15) is 0 Å². The summed E-state index contributed by atoms with van der Waals surface area (Å²) in [5.41, 5.74) is 6.86. The zero-order valence-electron chi connectivity index (χ0n) is 14.5. The number of carbonyl (C=O) groups excluding carboxylic acids is 1. The zero-order valence-corrected chi connectivity index (χ0v) is 15.3. The minimum atomic E-state index is -0.0525. The summed E-state index contributed by atoms with van der Waals surface area (Å²) in [4.78, 5) is 14.8. The standard InChI is InChI=1S/C19H27N3OS/c1-2-9-22-11-15(12-22)24-21-19(23)20-18-16-7-3-5-13(16)10-14-6-4-8-17(14)18/h10,15H,2-9,11-12H2,1H3,(H2,20,21,23). The molecule has 0 spiro atoms. The van der Waals surface area contributed by atoms with Crippen molar-refractivity contribution in [2.75, 3.05) is 25.0 Å². The number of benzene rings is 1. The van der Waals surface area contributed by atoms with E-state index in [0.29, 0.717) is 5.25 Å². The second kappa shape index (κ2) is 6.96. The van der Waals surface area contributed by atoms with E-state index in [1.54, 1.807) is 11.9 Å². The van der Waals surface area contributed by atoms with Gasteiger partial charge in [-0.15, -0.1) is 0 Å². The largest absolute Gasteiger partial charge is 0.329 e. The number of aryl methyl sites for hydroxylation is 2. The number of carbonyl (C=O) groups is 1. The van der Waals surface area contributed by atoms with E-state index in [2.05, 4.69) is 27.9 Å². The molecule has 5 heteroatoms. The molecule has 1 aromatic rings. The van der Waals surface area contributed by atoms with Crippen LogP contribution in [0.15, 0.2) is 6.07 Å². The van der Waals surface area contributed by atoms with Crippen molar-refractivity contribution in [3.63, 3.8) is 0 Å². The Kier molecular flexibility index (Phi) is 4.72. The number of rotatable bonds is 5. The van der Waals surface area contributed by atoms with Gasteiger partial charge < -0.3 is 10.2 Å². The highest BCUT2D eigenvalue weighted by Crippen LogP contribution is 2.38. The van der Waals surface area contributed by atoms with Crippen molar-refractivity contribution >= 4 is 23.7 Å². The number of nitrogens with zero attached hydrogens (tertiary/aromatic N) is 1. The van der Waals surface area contributed by atoms with Crippen LogP contribution in [0.4, 0.5) is 10.5 Å². The third kappa shape index (κ3) is 3.16. The quantitative estimate of drug-likeness (QED) is 0.803. The molecule has 1 saturated heterocycles. The van der Waals surface area contributed by atoms with Crippen molar-refractivity contribution < 1.29 is 4.79 Å². The normalized spacial score (nSPS) is 19.7. The Bertz CT molecular complexity index is 608. The van der Waals surface area contributed by atoms with Crippen molar-refractivity contribution in [1.29, 1.82) is 0 Å². The highest BCUT2D eigenvalue weighted by atomic mass is 32.2. The van der Waals surface area contributed by atoms with Gasteiger partial charge in [-0.25, -0.2) is 4.79 Å². The van der Waals surface area contributed by atoms with Crippen molar-refractivity contribution in [3.8, 4) is 0 Å². The van der Waals surface area contributed by atoms with Crippen molar-refractivity contribution in [1.82, 2.24) is 9.62 Å². The molecule has 0 saturated carbocycles. The number of nitrogens with one attached hydrogen (secondary N) is 2. The van der Waals surface area contributed by atoms with Gasteiger partial charge in [0.15, 0.2) is 0 Å². The number of hydrogen-bond donors (Lipinski definition) is 2. The molecule has 1 aromatic carbocycles. The minimum absolute atomic E-state index is 0.0525. The number of fused-ring (bicyclic) bond motifs is 2. The van der Waals surface area contributed by atoms with Gasteiger partial charge in [0.25, 0.3) is 0 Å². The number of amides is 2. The molecule has 1 fully saturated rings. The van der Waals surface area contributed by atoms with E-state index in [4.69, 9.17) is 0 Å². The Hall–Kier alpha value is -1.20. The van der Waals surface area contributed by atoms with E-state index in [0.717, 1.165) is 31.6 Å². The summed E-state index contributed by atoms with van der Waals surface area (Å²) in [6.07, 6.45) is 8.21. The molecular formula is C19H27N3OS. The van der Waals surface area contributed by atoms with Crippen LogP contribution in [0.1, 0.15) is 48.4 Å². The van der Waals surface area contributed by atoms with Gasteiger partial charge in [0.05, 0.1) is 5.25 Å². The Balaban J connectivity index is 1.37. The summed E-state index contributed by atoms with van der Waals surface area (Å²) in [5.74, 6) is 0. The van der Waals surface area contributed by atoms with Gasteiger partial charge in [-0.1, -0.05) is 13.0 Å². The van der Waals surface area contributed by atoms with Crippen LogP contribution in [0.2, 0.25) is 0 Å². The Morgan fingerprint density at radius 3 is 2.46 bits per heavy atom. The Morgan fingerprint density at radius 2 is 1.83 bits per heavy atom. The number of hydrogen-bond acceptors (Lipinski definition) is 3. The number of anilines is 1. The summed E-state index contributed by atoms with van der Waals surface area (Å²) in [7, 11) is 0. The third-order valence-corrected chi connectivity index (χ3v) is 6.43. The van der Waals surface area contributed by atoms with Gasteiger partial charge in [0.1, 0.15) is 0 Å². The molecule has 130 valence electrons. The first-order valence-corrected chi connectivity index (χ1v) is 10.2. The van der Waals surface area contributed by atoms with Crippen LogP contribution in [0.3, 0.4) is 0 Å². The van der Waals surface area contributed by atoms with Crippen LogP contribution < -0.4 is 10.0 Å². The molecule has 3 aliphatic rings. The highest BCUT2D eigenvalue weighted by molar-refractivity contribution is 7.98. The molecular weight excluding hydrogens is 318 g/mol. The SMILES string of the molecule is CCCN1CC(SNC(=O)Nc2c3c(cc4c2CCC4)CCC3)C1. The van der Waals surface area contributed by atoms with Crippen LogP contribution in [-0.2, 0) is 25.7 Å². The summed E-state index contributed by atoms with van der Waals surface area (Å²) >= 11 is 1.58. The van der Waals surface area contributed by atoms with Gasteiger partial charge >= 0.3 is 6.03 Å². The Labute approximate surface area is 148 Å². The molecule has 0 radical (unpaired) electrons. The van der Waals surface area contributed by atoms with Crippen LogP contribution in [0.25, 0.3) is 0 Å². The fourth-order valence-electron chi connectivity index (χ4n) is 4.34. The van der Waals surface area contributed by atoms with Crippen LogP contribution in [-0.4, -0.2) is 35.8 Å². The second-order valence-electron chi connectivity index (χ2n) is 7.29. The van der Waals surface area contributed by atoms with E-state index in [-0.39, 0.29) is 6.03 Å². The molecule has 0 aromatic heterocycles. The summed E-state index contributed by atoms with van der Waals surface area (Å²) < 4.78 is 3.02. The number of likely N-dealkylation sites (tertiary alicyclic amines) is 1. The van der Waals surface area contributed by atoms with Crippen molar-refractivity contribution in [3.05, 3.63) is 28.3 Å². The van der Waals surface area contributed by atoms with Gasteiger partial charge in [0, 0.05) is 18.8 Å². The smallest absolute Gasteiger partial charge is 0.307 e. The predicted octanol–water partition coefficient (Wildman–Crippen LogP) is 3.53. The first-order chi connectivity index (χ1) is 11.7. The summed E-state index contributed by atoms with van der Waals surface area (Å²) in [5, 5.41) is 3.73. The van der Waals surface area contributed by atoms with E-state index >= 15 is 0 Å². The van der Waals surface area contributed by atoms with Crippen molar-refractivity contribution in [2.45, 2.75) is 57.1 Å². The lowest BCUT2D eigenvalue weighted by Crippen LogP contribution is -2.50. The average Bonchev–Trinajstić information content (AvgIpc) is 3.17. The maximum Gasteiger partial charge on any atom is 0.329 e. The lowest BCUT2D eigenvalue weighted by Gasteiger charge is -2.38. The first kappa shape index (κ1) is 16.3. The van der Waals surface area contributed by atoms with Crippen molar-refractivity contribution in [2.24, 2.45) is 0 Å². The molecule has 1 heterocycles. The maximum atomic E-state index is 12.4. The van der Waals surface area contributed by atoms with E-state index in [9.17, 15) is 4.79 Å². The third-order valence-electron chi connectivity index (χ3n) is 5.49. The molecule has 4 nitrogen and oxygen atoms in total. The fourth-order valence-corrected chi connectivity index (χ4v) is 5.23. The Morgan fingerprint density at radius 1 is 1.17 bits per heavy atom. The van der Waals surface area contributed by atoms with E-state index < -0.39 is 0 Å². The molecule has 0 atom stereocenters. The average molecular weight is 346 g/mol. The molecule has 2 amide bonds. The van der Waals surface area contributed by atoms with Crippen LogP contribution >= 0.6 is 11.9 Å². The molecule has 1 aliphatic heterocycles. The summed E-state index contributed by atoms with van der Waals surface area (Å²) in [6, 6.07) is 2.35. The second-order valence-corrected chi connectivity index (χ2v) is 8.40. The topological polar surface area (TPSA) is 44.4 Å². The lowest BCUT2D eigenvalue weighted by atomic mass is 9.99. The predicted molar refractivity (Wildman–Crippen MR) is 101 cm³/mol. The summed E-state index contributed by atoms with van der Waals surface area (Å²) in [6.45, 7) is 5.57. The first-order valence-electron chi connectivity index (χ1n) is 9.36. The fraction of sp³-hybridized carbons (Fsp3) is 0.632. The minimum Gasteiger partial charge on any atom is -0.307 e. The molecule has 2 aliphatic carbocycles. The molecule has 0 bridgehead atoms. The maximum absolute atomic E-state index is 12.4.